The zero-order valence-electron chi connectivity index (χ0n) is 11.0. The van der Waals surface area contributed by atoms with Crippen LogP contribution < -0.4 is 10.1 Å². The van der Waals surface area contributed by atoms with Gasteiger partial charge in [-0.2, -0.15) is 5.26 Å². The topological polar surface area (TPSA) is 62.1 Å². The average Bonchev–Trinajstić information content (AvgIpc) is 2.47. The second-order valence-electron chi connectivity index (χ2n) is 4.07. The normalized spacial score (nSPS) is 9.81. The van der Waals surface area contributed by atoms with Crippen LogP contribution in [0.3, 0.4) is 0 Å². The fraction of sp³-hybridized carbons (Fsp3) is 0.0667. The Labute approximate surface area is 134 Å². The van der Waals surface area contributed by atoms with Gasteiger partial charge in [0, 0.05) is 3.57 Å². The van der Waals surface area contributed by atoms with Crippen LogP contribution in [0.1, 0.15) is 15.9 Å². The highest BCUT2D eigenvalue weighted by Crippen LogP contribution is 2.28. The molecule has 1 amide bonds. The van der Waals surface area contributed by atoms with Crippen LogP contribution in [-0.2, 0) is 0 Å². The van der Waals surface area contributed by atoms with Gasteiger partial charge in [-0.3, -0.25) is 4.79 Å². The quantitative estimate of drug-likeness (QED) is 0.808. The zero-order valence-corrected chi connectivity index (χ0v) is 13.1. The lowest BCUT2D eigenvalue weighted by Gasteiger charge is -2.12. The van der Waals surface area contributed by atoms with E-state index in [1.807, 2.05) is 28.7 Å². The molecule has 1 N–H and O–H groups in total. The number of anilines is 1. The number of benzene rings is 2. The first kappa shape index (κ1) is 15.3. The molecule has 4 nitrogen and oxygen atoms in total. The van der Waals surface area contributed by atoms with Crippen LogP contribution in [-0.4, -0.2) is 13.0 Å². The fourth-order valence-corrected chi connectivity index (χ4v) is 2.50. The molecule has 0 radical (unpaired) electrons. The third kappa shape index (κ3) is 3.31. The summed E-state index contributed by atoms with van der Waals surface area (Å²) in [6.07, 6.45) is 0. The summed E-state index contributed by atoms with van der Waals surface area (Å²) >= 11 is 1.88. The van der Waals surface area contributed by atoms with E-state index in [0.717, 1.165) is 0 Å². The molecule has 0 saturated heterocycles. The summed E-state index contributed by atoms with van der Waals surface area (Å²) in [6, 6.07) is 10.8. The van der Waals surface area contributed by atoms with Crippen LogP contribution >= 0.6 is 22.6 Å². The van der Waals surface area contributed by atoms with Crippen molar-refractivity contribution in [3.05, 3.63) is 56.9 Å². The molecule has 0 atom stereocenters. The van der Waals surface area contributed by atoms with Gasteiger partial charge in [-0.15, -0.1) is 0 Å². The van der Waals surface area contributed by atoms with Crippen LogP contribution in [0.2, 0.25) is 0 Å². The number of nitrogens with zero attached hydrogens (tertiary/aromatic N) is 1. The van der Waals surface area contributed by atoms with Gasteiger partial charge in [0.05, 0.1) is 18.2 Å². The Bertz CT molecular complexity index is 741. The molecule has 0 spiro atoms. The summed E-state index contributed by atoms with van der Waals surface area (Å²) in [5, 5.41) is 11.7. The number of nitriles is 1. The number of hydrogen-bond donors (Lipinski definition) is 1. The number of halogens is 2. The second-order valence-corrected chi connectivity index (χ2v) is 5.24. The summed E-state index contributed by atoms with van der Waals surface area (Å²) in [6.45, 7) is 0. The third-order valence-corrected chi connectivity index (χ3v) is 3.67. The zero-order chi connectivity index (χ0) is 15.4. The van der Waals surface area contributed by atoms with Gasteiger partial charge < -0.3 is 10.1 Å². The van der Waals surface area contributed by atoms with Gasteiger partial charge in [0.15, 0.2) is 0 Å². The molecule has 21 heavy (non-hydrogen) atoms. The van der Waals surface area contributed by atoms with E-state index in [1.165, 1.54) is 25.3 Å². The Kier molecular flexibility index (Phi) is 4.75. The molecule has 0 aliphatic rings. The van der Waals surface area contributed by atoms with Gasteiger partial charge in [0.2, 0.25) is 0 Å². The molecule has 6 heteroatoms. The molecule has 0 unspecified atom stereocenters. The van der Waals surface area contributed by atoms with Crippen molar-refractivity contribution in [2.24, 2.45) is 0 Å². The maximum atomic E-state index is 13.1. The number of amides is 1. The first-order chi connectivity index (χ1) is 10.1. The van der Waals surface area contributed by atoms with Gasteiger partial charge in [-0.1, -0.05) is 6.07 Å². The summed E-state index contributed by atoms with van der Waals surface area (Å²) in [4.78, 5) is 12.3. The van der Waals surface area contributed by atoms with Gasteiger partial charge in [-0.05, 0) is 52.9 Å². The molecular formula is C15H10FIN2O2. The average molecular weight is 396 g/mol. The second kappa shape index (κ2) is 6.54. The van der Waals surface area contributed by atoms with E-state index < -0.39 is 11.7 Å². The van der Waals surface area contributed by atoms with Gasteiger partial charge in [0.1, 0.15) is 23.3 Å². The van der Waals surface area contributed by atoms with Crippen molar-refractivity contribution in [1.82, 2.24) is 0 Å². The van der Waals surface area contributed by atoms with Crippen LogP contribution in [0.5, 0.6) is 5.75 Å². The SMILES string of the molecule is COc1cccc(C#N)c1NC(=O)c1ccc(F)cc1I. The maximum Gasteiger partial charge on any atom is 0.256 e. The summed E-state index contributed by atoms with van der Waals surface area (Å²) in [5.41, 5.74) is 0.916. The highest BCUT2D eigenvalue weighted by Gasteiger charge is 2.16. The lowest BCUT2D eigenvalue weighted by Crippen LogP contribution is -2.15. The Morgan fingerprint density at radius 2 is 2.14 bits per heavy atom. The van der Waals surface area contributed by atoms with Gasteiger partial charge >= 0.3 is 0 Å². The molecule has 0 heterocycles. The first-order valence-corrected chi connectivity index (χ1v) is 6.98. The largest absolute Gasteiger partial charge is 0.495 e. The van der Waals surface area contributed by atoms with E-state index in [4.69, 9.17) is 10.00 Å². The predicted molar refractivity (Wildman–Crippen MR) is 84.8 cm³/mol. The van der Waals surface area contributed by atoms with Crippen molar-refractivity contribution in [3.63, 3.8) is 0 Å². The summed E-state index contributed by atoms with van der Waals surface area (Å²) in [5.74, 6) is -0.453. The van der Waals surface area contributed by atoms with E-state index in [2.05, 4.69) is 5.32 Å². The minimum absolute atomic E-state index is 0.291. The molecule has 106 valence electrons. The molecule has 2 aromatic carbocycles. The number of para-hydroxylation sites is 1. The number of methoxy groups -OCH3 is 1. The van der Waals surface area contributed by atoms with Crippen LogP contribution in [0, 0.1) is 20.7 Å². The molecule has 0 saturated carbocycles. The summed E-state index contributed by atoms with van der Waals surface area (Å²) < 4.78 is 18.7. The number of ether oxygens (including phenoxy) is 1. The standard InChI is InChI=1S/C15H10FIN2O2/c1-21-13-4-2-3-9(8-18)14(13)19-15(20)11-6-5-10(16)7-12(11)17/h2-7H,1H3,(H,19,20). The van der Waals surface area contributed by atoms with Crippen molar-refractivity contribution in [2.75, 3.05) is 12.4 Å². The smallest absolute Gasteiger partial charge is 0.256 e. The van der Waals surface area contributed by atoms with E-state index in [9.17, 15) is 9.18 Å². The number of carbonyl (C=O) groups excluding carboxylic acids is 1. The van der Waals surface area contributed by atoms with Crippen molar-refractivity contribution < 1.29 is 13.9 Å². The predicted octanol–water partition coefficient (Wildman–Crippen LogP) is 3.56. The molecule has 0 bridgehead atoms. The Morgan fingerprint density at radius 1 is 1.38 bits per heavy atom. The van der Waals surface area contributed by atoms with Crippen molar-refractivity contribution >= 4 is 34.2 Å². The van der Waals surface area contributed by atoms with E-state index in [-0.39, 0.29) is 0 Å². The van der Waals surface area contributed by atoms with Crippen molar-refractivity contribution in [1.29, 1.82) is 5.26 Å². The third-order valence-electron chi connectivity index (χ3n) is 2.78. The van der Waals surface area contributed by atoms with Crippen LogP contribution in [0.25, 0.3) is 0 Å². The number of carbonyl (C=O) groups is 1. The van der Waals surface area contributed by atoms with E-state index in [0.29, 0.717) is 26.1 Å². The lowest BCUT2D eigenvalue weighted by molar-refractivity contribution is 0.102. The maximum absolute atomic E-state index is 13.1. The molecular weight excluding hydrogens is 386 g/mol. The molecule has 2 aromatic rings. The minimum Gasteiger partial charge on any atom is -0.495 e. The highest BCUT2D eigenvalue weighted by molar-refractivity contribution is 14.1. The van der Waals surface area contributed by atoms with Crippen LogP contribution in [0.15, 0.2) is 36.4 Å². The molecule has 0 aliphatic heterocycles. The van der Waals surface area contributed by atoms with Crippen molar-refractivity contribution in [2.45, 2.75) is 0 Å². The minimum atomic E-state index is -0.430. The monoisotopic (exact) mass is 396 g/mol. The van der Waals surface area contributed by atoms with Gasteiger partial charge in [-0.25, -0.2) is 4.39 Å². The van der Waals surface area contributed by atoms with Gasteiger partial charge in [0.25, 0.3) is 5.91 Å². The Hall–Kier alpha value is -2.14. The number of nitrogens with one attached hydrogen (secondary N) is 1. The van der Waals surface area contributed by atoms with E-state index >= 15 is 0 Å². The molecule has 0 fully saturated rings. The van der Waals surface area contributed by atoms with Crippen molar-refractivity contribution in [3.8, 4) is 11.8 Å². The molecule has 0 aromatic heterocycles. The van der Waals surface area contributed by atoms with Crippen LogP contribution in [0.4, 0.5) is 10.1 Å². The first-order valence-electron chi connectivity index (χ1n) is 5.90. The summed E-state index contributed by atoms with van der Waals surface area (Å²) in [7, 11) is 1.45. The lowest BCUT2D eigenvalue weighted by atomic mass is 10.1. The highest BCUT2D eigenvalue weighted by atomic mass is 127. The number of hydrogen-bond acceptors (Lipinski definition) is 3. The van der Waals surface area contributed by atoms with E-state index in [1.54, 1.807) is 18.2 Å². The fourth-order valence-electron chi connectivity index (χ4n) is 1.78. The Morgan fingerprint density at radius 3 is 2.76 bits per heavy atom. The number of rotatable bonds is 3. The molecule has 0 aliphatic carbocycles. The molecule has 2 rings (SSSR count). The Balaban J connectivity index is 2.38.